The maximum Gasteiger partial charge on any atom is 0.402 e. The number of rotatable bonds is 8. The fourth-order valence-electron chi connectivity index (χ4n) is 1.28. The molecule has 18 heavy (non-hydrogen) atoms. The van der Waals surface area contributed by atoms with Crippen LogP contribution < -0.4 is 0 Å². The maximum absolute atomic E-state index is 12.3. The first-order chi connectivity index (χ1) is 8.11. The Labute approximate surface area is 106 Å². The Kier molecular flexibility index (Phi) is 7.16. The van der Waals surface area contributed by atoms with Crippen LogP contribution in [0.15, 0.2) is 0 Å². The van der Waals surface area contributed by atoms with E-state index in [9.17, 15) is 21.6 Å². The molecule has 0 rings (SSSR count). The Balaban J connectivity index is 4.64. The summed E-state index contributed by atoms with van der Waals surface area (Å²) in [6.07, 6.45) is -4.29. The number of hydrogen-bond acceptors (Lipinski definition) is 3. The van der Waals surface area contributed by atoms with E-state index in [-0.39, 0.29) is 19.6 Å². The predicted octanol–water partition coefficient (Wildman–Crippen LogP) is 2.02. The first kappa shape index (κ1) is 17.7. The van der Waals surface area contributed by atoms with Gasteiger partial charge in [0.25, 0.3) is 0 Å². The first-order valence-corrected chi connectivity index (χ1v) is 7.25. The molecule has 0 atom stereocenters. The zero-order valence-electron chi connectivity index (χ0n) is 10.8. The van der Waals surface area contributed by atoms with Crippen molar-refractivity contribution in [3.63, 3.8) is 0 Å². The molecule has 8 heteroatoms. The van der Waals surface area contributed by atoms with Crippen LogP contribution in [0.1, 0.15) is 27.2 Å². The van der Waals surface area contributed by atoms with Gasteiger partial charge in [0.05, 0.1) is 5.25 Å². The van der Waals surface area contributed by atoms with Crippen LogP contribution in [0.25, 0.3) is 0 Å². The Morgan fingerprint density at radius 3 is 2.22 bits per heavy atom. The molecule has 0 N–H and O–H groups in total. The molecule has 0 unspecified atom stereocenters. The van der Waals surface area contributed by atoms with Gasteiger partial charge in [-0.3, -0.25) is 0 Å². The number of ether oxygens (including phenoxy) is 1. The van der Waals surface area contributed by atoms with E-state index in [4.69, 9.17) is 4.74 Å². The van der Waals surface area contributed by atoms with Crippen LogP contribution >= 0.6 is 0 Å². The molecular formula is C10H20F3NO3S. The molecule has 0 aromatic carbocycles. The standard InChI is InChI=1S/C10H20F3NO3S/c1-4-17-7-5-6-14(8-10(11,12)13)18(15,16)9(2)3/h9H,4-8H2,1-3H3. The molecule has 0 aromatic rings. The minimum Gasteiger partial charge on any atom is -0.382 e. The predicted molar refractivity (Wildman–Crippen MR) is 62.8 cm³/mol. The second-order valence-corrected chi connectivity index (χ2v) is 6.58. The first-order valence-electron chi connectivity index (χ1n) is 5.74. The minimum absolute atomic E-state index is 0.181. The number of sulfonamides is 1. The number of hydrogen-bond donors (Lipinski definition) is 0. The van der Waals surface area contributed by atoms with E-state index in [1.807, 2.05) is 0 Å². The molecule has 110 valence electrons. The summed E-state index contributed by atoms with van der Waals surface area (Å²) in [5.74, 6) is 0. The molecule has 4 nitrogen and oxygen atoms in total. The third-order valence-electron chi connectivity index (χ3n) is 2.21. The summed E-state index contributed by atoms with van der Waals surface area (Å²) in [5.41, 5.74) is 0. The highest BCUT2D eigenvalue weighted by atomic mass is 32.2. The van der Waals surface area contributed by atoms with Crippen LogP contribution in [0.3, 0.4) is 0 Å². The average Bonchev–Trinajstić information content (AvgIpc) is 2.20. The highest BCUT2D eigenvalue weighted by Gasteiger charge is 2.37. The summed E-state index contributed by atoms with van der Waals surface area (Å²) in [6, 6.07) is 0. The van der Waals surface area contributed by atoms with E-state index in [0.29, 0.717) is 10.9 Å². The molecule has 0 aromatic heterocycles. The Morgan fingerprint density at radius 2 is 1.83 bits per heavy atom. The molecule has 0 amide bonds. The number of nitrogens with zero attached hydrogens (tertiary/aromatic N) is 1. The van der Waals surface area contributed by atoms with Crippen LogP contribution in [0, 0.1) is 0 Å². The van der Waals surface area contributed by atoms with Gasteiger partial charge in [0.2, 0.25) is 10.0 Å². The van der Waals surface area contributed by atoms with Gasteiger partial charge in [-0.05, 0) is 27.2 Å². The molecule has 0 spiro atoms. The van der Waals surface area contributed by atoms with E-state index in [1.165, 1.54) is 13.8 Å². The third kappa shape index (κ3) is 6.55. The molecule has 0 aliphatic carbocycles. The lowest BCUT2D eigenvalue weighted by Crippen LogP contribution is -2.43. The molecule has 0 aliphatic heterocycles. The summed E-state index contributed by atoms with van der Waals surface area (Å²) >= 11 is 0. The van der Waals surface area contributed by atoms with E-state index in [0.717, 1.165) is 0 Å². The van der Waals surface area contributed by atoms with Crippen molar-refractivity contribution in [1.82, 2.24) is 4.31 Å². The molecule has 0 radical (unpaired) electrons. The highest BCUT2D eigenvalue weighted by molar-refractivity contribution is 7.89. The molecule has 0 aliphatic rings. The van der Waals surface area contributed by atoms with E-state index < -0.39 is 28.0 Å². The lowest BCUT2D eigenvalue weighted by molar-refractivity contribution is -0.136. The van der Waals surface area contributed by atoms with Crippen molar-refractivity contribution in [2.75, 3.05) is 26.3 Å². The largest absolute Gasteiger partial charge is 0.402 e. The normalized spacial score (nSPS) is 13.6. The third-order valence-corrected chi connectivity index (χ3v) is 4.43. The van der Waals surface area contributed by atoms with Crippen molar-refractivity contribution in [2.24, 2.45) is 0 Å². The molecule has 0 bridgehead atoms. The number of alkyl halides is 3. The highest BCUT2D eigenvalue weighted by Crippen LogP contribution is 2.20. The maximum atomic E-state index is 12.3. The SMILES string of the molecule is CCOCCCN(CC(F)(F)F)S(=O)(=O)C(C)C. The van der Waals surface area contributed by atoms with Crippen molar-refractivity contribution >= 4 is 10.0 Å². The summed E-state index contributed by atoms with van der Waals surface area (Å²) in [4.78, 5) is 0. The summed E-state index contributed by atoms with van der Waals surface area (Å²) in [5, 5.41) is -0.869. The fourth-order valence-corrected chi connectivity index (χ4v) is 2.59. The van der Waals surface area contributed by atoms with Gasteiger partial charge in [-0.1, -0.05) is 0 Å². The summed E-state index contributed by atoms with van der Waals surface area (Å²) < 4.78 is 66.0. The summed E-state index contributed by atoms with van der Waals surface area (Å²) in [6.45, 7) is 3.56. The van der Waals surface area contributed by atoms with Crippen LogP contribution in [0.2, 0.25) is 0 Å². The molecule has 0 saturated heterocycles. The van der Waals surface area contributed by atoms with Crippen LogP contribution in [0.4, 0.5) is 13.2 Å². The van der Waals surface area contributed by atoms with Gasteiger partial charge in [-0.25, -0.2) is 8.42 Å². The second kappa shape index (κ2) is 7.30. The molecule has 0 saturated carbocycles. The fraction of sp³-hybridized carbons (Fsp3) is 1.00. The van der Waals surface area contributed by atoms with Gasteiger partial charge in [0.1, 0.15) is 6.54 Å². The van der Waals surface area contributed by atoms with Crippen LogP contribution in [-0.2, 0) is 14.8 Å². The quantitative estimate of drug-likeness (QED) is 0.643. The van der Waals surface area contributed by atoms with E-state index in [2.05, 4.69) is 0 Å². The van der Waals surface area contributed by atoms with E-state index in [1.54, 1.807) is 6.92 Å². The average molecular weight is 291 g/mol. The van der Waals surface area contributed by atoms with Crippen molar-refractivity contribution in [3.05, 3.63) is 0 Å². The van der Waals surface area contributed by atoms with Gasteiger partial charge in [0.15, 0.2) is 0 Å². The van der Waals surface area contributed by atoms with Crippen molar-refractivity contribution in [3.8, 4) is 0 Å². The van der Waals surface area contributed by atoms with Gasteiger partial charge < -0.3 is 4.74 Å². The minimum atomic E-state index is -4.53. The topological polar surface area (TPSA) is 46.6 Å². The zero-order valence-corrected chi connectivity index (χ0v) is 11.6. The zero-order chi connectivity index (χ0) is 14.4. The molecular weight excluding hydrogens is 271 g/mol. The van der Waals surface area contributed by atoms with E-state index >= 15 is 0 Å². The van der Waals surface area contributed by atoms with Gasteiger partial charge >= 0.3 is 6.18 Å². The molecule has 0 heterocycles. The monoisotopic (exact) mass is 291 g/mol. The Morgan fingerprint density at radius 1 is 1.28 bits per heavy atom. The van der Waals surface area contributed by atoms with Crippen LogP contribution in [-0.4, -0.2) is 50.5 Å². The Bertz CT molecular complexity index is 328. The van der Waals surface area contributed by atoms with Gasteiger partial charge in [-0.2, -0.15) is 17.5 Å². The Hall–Kier alpha value is -0.340. The molecule has 0 fully saturated rings. The second-order valence-electron chi connectivity index (χ2n) is 4.09. The van der Waals surface area contributed by atoms with Gasteiger partial charge in [0, 0.05) is 19.8 Å². The van der Waals surface area contributed by atoms with Crippen molar-refractivity contribution in [1.29, 1.82) is 0 Å². The smallest absolute Gasteiger partial charge is 0.382 e. The van der Waals surface area contributed by atoms with Gasteiger partial charge in [-0.15, -0.1) is 0 Å². The van der Waals surface area contributed by atoms with Crippen LogP contribution in [0.5, 0.6) is 0 Å². The van der Waals surface area contributed by atoms with Crippen molar-refractivity contribution in [2.45, 2.75) is 38.6 Å². The summed E-state index contributed by atoms with van der Waals surface area (Å²) in [7, 11) is -3.90. The lowest BCUT2D eigenvalue weighted by atomic mass is 10.4. The lowest BCUT2D eigenvalue weighted by Gasteiger charge is -2.25. The van der Waals surface area contributed by atoms with Crippen molar-refractivity contribution < 1.29 is 26.3 Å². The number of halogens is 3.